The number of rotatable bonds is 44. The number of hydrogen-bond acceptors (Lipinski definition) is 5. The zero-order valence-corrected chi connectivity index (χ0v) is 38.4. The van der Waals surface area contributed by atoms with E-state index in [1.165, 1.54) is 141 Å². The molecule has 0 aromatic heterocycles. The highest BCUT2D eigenvalue weighted by Crippen LogP contribution is 2.17. The zero-order valence-electron chi connectivity index (χ0n) is 38.4. The Labute approximate surface area is 359 Å². The van der Waals surface area contributed by atoms with Gasteiger partial charge in [0.15, 0.2) is 0 Å². The number of aliphatic hydroxyl groups excluding tert-OH is 2. The van der Waals surface area contributed by atoms with E-state index in [4.69, 9.17) is 4.74 Å². The number of allylic oxidation sites excluding steroid dienone is 8. The minimum atomic E-state index is -0.802. The van der Waals surface area contributed by atoms with E-state index in [0.29, 0.717) is 19.3 Å². The van der Waals surface area contributed by atoms with Crippen molar-refractivity contribution in [1.29, 1.82) is 0 Å². The molecular formula is C52H95NO5. The molecule has 0 radical (unpaired) electrons. The van der Waals surface area contributed by atoms with Crippen molar-refractivity contribution in [3.05, 3.63) is 48.6 Å². The molecule has 0 spiro atoms. The van der Waals surface area contributed by atoms with Crippen molar-refractivity contribution < 1.29 is 24.5 Å². The summed E-state index contributed by atoms with van der Waals surface area (Å²) in [6, 6.07) is -0.720. The number of unbranched alkanes of at least 4 members (excludes halogenated alkanes) is 27. The lowest BCUT2D eigenvalue weighted by molar-refractivity contribution is -0.151. The topological polar surface area (TPSA) is 95.9 Å². The molecule has 1 amide bonds. The van der Waals surface area contributed by atoms with Gasteiger partial charge in [0.1, 0.15) is 6.10 Å². The fourth-order valence-corrected chi connectivity index (χ4v) is 7.51. The van der Waals surface area contributed by atoms with Gasteiger partial charge in [0, 0.05) is 6.42 Å². The number of amides is 1. The fourth-order valence-electron chi connectivity index (χ4n) is 7.51. The summed E-state index contributed by atoms with van der Waals surface area (Å²) in [7, 11) is 0. The number of carbonyl (C=O) groups is 2. The number of ether oxygens (including phenoxy) is 1. The van der Waals surface area contributed by atoms with E-state index in [-0.39, 0.29) is 24.9 Å². The summed E-state index contributed by atoms with van der Waals surface area (Å²) in [6.45, 7) is 6.32. The molecule has 58 heavy (non-hydrogen) atoms. The zero-order chi connectivity index (χ0) is 42.4. The lowest BCUT2D eigenvalue weighted by Crippen LogP contribution is -2.46. The van der Waals surface area contributed by atoms with Gasteiger partial charge in [-0.1, -0.05) is 243 Å². The quantitative estimate of drug-likeness (QED) is 0.0323. The maximum absolute atomic E-state index is 13.1. The monoisotopic (exact) mass is 814 g/mol. The van der Waals surface area contributed by atoms with Gasteiger partial charge in [0.25, 0.3) is 0 Å². The molecule has 0 aliphatic carbocycles. The predicted molar refractivity (Wildman–Crippen MR) is 250 cm³/mol. The van der Waals surface area contributed by atoms with Gasteiger partial charge in [0.2, 0.25) is 5.91 Å². The summed E-state index contributed by atoms with van der Waals surface area (Å²) in [5, 5.41) is 23.7. The molecule has 0 fully saturated rings. The minimum Gasteiger partial charge on any atom is -0.462 e. The molecule has 0 saturated carbocycles. The van der Waals surface area contributed by atoms with Crippen LogP contribution in [0, 0.1) is 0 Å². The van der Waals surface area contributed by atoms with Gasteiger partial charge in [-0.25, -0.2) is 0 Å². The molecule has 6 heteroatoms. The van der Waals surface area contributed by atoms with E-state index in [1.54, 1.807) is 0 Å². The van der Waals surface area contributed by atoms with Crippen LogP contribution < -0.4 is 5.32 Å². The second-order valence-corrected chi connectivity index (χ2v) is 16.9. The average Bonchev–Trinajstić information content (AvgIpc) is 3.22. The molecule has 338 valence electrons. The Morgan fingerprint density at radius 3 is 1.38 bits per heavy atom. The molecule has 6 nitrogen and oxygen atoms in total. The van der Waals surface area contributed by atoms with Crippen molar-refractivity contribution in [1.82, 2.24) is 5.32 Å². The van der Waals surface area contributed by atoms with Gasteiger partial charge in [0.05, 0.1) is 25.2 Å². The molecule has 0 aliphatic heterocycles. The number of hydrogen-bond donors (Lipinski definition) is 3. The molecule has 3 atom stereocenters. The first kappa shape index (κ1) is 55.8. The van der Waals surface area contributed by atoms with Crippen LogP contribution in [0.4, 0.5) is 0 Å². The van der Waals surface area contributed by atoms with E-state index in [1.807, 2.05) is 36.5 Å². The number of carbonyl (C=O) groups excluding carboxylic acids is 2. The Bertz CT molecular complexity index is 1000. The molecule has 3 N–H and O–H groups in total. The van der Waals surface area contributed by atoms with Gasteiger partial charge in [-0.15, -0.1) is 0 Å². The summed E-state index contributed by atoms with van der Waals surface area (Å²) >= 11 is 0. The van der Waals surface area contributed by atoms with Crippen LogP contribution in [0.2, 0.25) is 0 Å². The normalized spacial score (nSPS) is 13.7. The highest BCUT2D eigenvalue weighted by Gasteiger charge is 2.24. The Morgan fingerprint density at radius 1 is 0.517 bits per heavy atom. The van der Waals surface area contributed by atoms with Crippen LogP contribution in [0.1, 0.15) is 245 Å². The molecule has 0 rings (SSSR count). The van der Waals surface area contributed by atoms with E-state index in [0.717, 1.165) is 57.8 Å². The second kappa shape index (κ2) is 45.9. The third kappa shape index (κ3) is 40.6. The van der Waals surface area contributed by atoms with Crippen molar-refractivity contribution in [2.45, 2.75) is 264 Å². The highest BCUT2D eigenvalue weighted by atomic mass is 16.5. The molecule has 0 aromatic carbocycles. The summed E-state index contributed by atoms with van der Waals surface area (Å²) in [5.74, 6) is -0.536. The van der Waals surface area contributed by atoms with Crippen LogP contribution in [0.5, 0.6) is 0 Å². The third-order valence-corrected chi connectivity index (χ3v) is 11.3. The predicted octanol–water partition coefficient (Wildman–Crippen LogP) is 14.7. The lowest BCUT2D eigenvalue weighted by Gasteiger charge is -2.24. The van der Waals surface area contributed by atoms with Crippen LogP contribution in [-0.2, 0) is 14.3 Å². The van der Waals surface area contributed by atoms with Crippen molar-refractivity contribution in [3.8, 4) is 0 Å². The van der Waals surface area contributed by atoms with Gasteiger partial charge in [-0.2, -0.15) is 0 Å². The second-order valence-electron chi connectivity index (χ2n) is 16.9. The van der Waals surface area contributed by atoms with E-state index in [9.17, 15) is 19.8 Å². The Kier molecular flexibility index (Phi) is 44.2. The SMILES string of the molecule is CC/C=C/C=C/C=C\C=C/CCCC(CC(=O)NC(CO)C(O)CCCCCCCCCCCCCCC)OC(=O)CCCCCCCCCCCCCCCCC. The van der Waals surface area contributed by atoms with Crippen molar-refractivity contribution in [2.24, 2.45) is 0 Å². The Hall–Kier alpha value is -2.18. The van der Waals surface area contributed by atoms with Crippen LogP contribution in [0.15, 0.2) is 48.6 Å². The molecule has 0 saturated heterocycles. The first-order chi connectivity index (χ1) is 28.5. The summed E-state index contributed by atoms with van der Waals surface area (Å²) in [4.78, 5) is 26.0. The number of aliphatic hydroxyl groups is 2. The molecule has 3 unspecified atom stereocenters. The molecule has 0 aromatic rings. The van der Waals surface area contributed by atoms with Crippen molar-refractivity contribution >= 4 is 11.9 Å². The number of nitrogens with one attached hydrogen (secondary N) is 1. The van der Waals surface area contributed by atoms with Crippen LogP contribution in [-0.4, -0.2) is 46.9 Å². The largest absolute Gasteiger partial charge is 0.462 e. The molecule has 0 bridgehead atoms. The number of esters is 1. The van der Waals surface area contributed by atoms with Gasteiger partial charge < -0.3 is 20.3 Å². The first-order valence-corrected chi connectivity index (χ1v) is 24.9. The van der Waals surface area contributed by atoms with Gasteiger partial charge >= 0.3 is 5.97 Å². The van der Waals surface area contributed by atoms with E-state index >= 15 is 0 Å². The summed E-state index contributed by atoms with van der Waals surface area (Å²) < 4.78 is 5.88. The first-order valence-electron chi connectivity index (χ1n) is 24.9. The standard InChI is InChI=1S/C52H95NO5/c1-4-7-10-13-16-19-22-24-25-27-30-33-36-39-42-45-52(57)58-48(43-40-37-34-31-28-21-18-15-12-9-6-3)46-51(56)53-49(47-54)50(55)44-41-38-35-32-29-26-23-20-17-14-11-8-5-2/h9,12,15,18,21,28,31,34,48-50,54-55H,4-8,10-11,13-14,16-17,19-20,22-27,29-30,32-33,35-47H2,1-3H3,(H,53,56)/b12-9+,18-15+,28-21-,34-31-. The Morgan fingerprint density at radius 2 is 0.931 bits per heavy atom. The van der Waals surface area contributed by atoms with Gasteiger partial charge in [-0.05, 0) is 38.5 Å². The highest BCUT2D eigenvalue weighted by molar-refractivity contribution is 5.77. The maximum Gasteiger partial charge on any atom is 0.306 e. The molecule has 0 aliphatic rings. The van der Waals surface area contributed by atoms with E-state index < -0.39 is 18.2 Å². The van der Waals surface area contributed by atoms with Gasteiger partial charge in [-0.3, -0.25) is 9.59 Å². The molecule has 0 heterocycles. The third-order valence-electron chi connectivity index (χ3n) is 11.3. The van der Waals surface area contributed by atoms with Crippen LogP contribution in [0.3, 0.4) is 0 Å². The average molecular weight is 814 g/mol. The Balaban J connectivity index is 4.58. The summed E-state index contributed by atoms with van der Waals surface area (Å²) in [6.07, 6.45) is 54.7. The van der Waals surface area contributed by atoms with Crippen molar-refractivity contribution in [3.63, 3.8) is 0 Å². The lowest BCUT2D eigenvalue weighted by atomic mass is 10.0. The van der Waals surface area contributed by atoms with E-state index in [2.05, 4.69) is 38.2 Å². The fraction of sp³-hybridized carbons (Fsp3) is 0.808. The van der Waals surface area contributed by atoms with Crippen molar-refractivity contribution in [2.75, 3.05) is 6.61 Å². The summed E-state index contributed by atoms with van der Waals surface area (Å²) in [5.41, 5.74) is 0. The maximum atomic E-state index is 13.1. The van der Waals surface area contributed by atoms with Crippen LogP contribution >= 0.6 is 0 Å². The molecular weight excluding hydrogens is 719 g/mol. The van der Waals surface area contributed by atoms with Crippen LogP contribution in [0.25, 0.3) is 0 Å². The smallest absolute Gasteiger partial charge is 0.306 e. The minimum absolute atomic E-state index is 0.0340.